The van der Waals surface area contributed by atoms with Gasteiger partial charge in [0.1, 0.15) is 0 Å². The molecule has 0 N–H and O–H groups in total. The van der Waals surface area contributed by atoms with Crippen LogP contribution in [0.4, 0.5) is 0 Å². The summed E-state index contributed by atoms with van der Waals surface area (Å²) in [6.07, 6.45) is 7.32. The van der Waals surface area contributed by atoms with Gasteiger partial charge in [-0.2, -0.15) is 11.8 Å². The largest absolute Gasteiger partial charge is 0.379 e. The lowest BCUT2D eigenvalue weighted by Gasteiger charge is -2.35. The highest BCUT2D eigenvalue weighted by atomic mass is 32.2. The molecule has 1 saturated carbocycles. The highest BCUT2D eigenvalue weighted by molar-refractivity contribution is 7.99. The van der Waals surface area contributed by atoms with Gasteiger partial charge < -0.3 is 4.74 Å². The molecular formula is C9H18OS. The van der Waals surface area contributed by atoms with Gasteiger partial charge in [0, 0.05) is 12.4 Å². The topological polar surface area (TPSA) is 9.23 Å². The predicted molar refractivity (Wildman–Crippen MR) is 51.2 cm³/mol. The number of hydrogen-bond donors (Lipinski definition) is 0. The Morgan fingerprint density at radius 2 is 1.91 bits per heavy atom. The summed E-state index contributed by atoms with van der Waals surface area (Å²) in [7, 11) is 1.83. The molecule has 66 valence electrons. The monoisotopic (exact) mass is 174 g/mol. The maximum atomic E-state index is 5.46. The van der Waals surface area contributed by atoms with E-state index in [-0.39, 0.29) is 5.60 Å². The molecule has 1 aliphatic carbocycles. The van der Waals surface area contributed by atoms with Crippen molar-refractivity contribution >= 4 is 11.8 Å². The van der Waals surface area contributed by atoms with Gasteiger partial charge in [0.25, 0.3) is 0 Å². The van der Waals surface area contributed by atoms with Crippen molar-refractivity contribution in [1.82, 2.24) is 0 Å². The number of hydrogen-bond acceptors (Lipinski definition) is 2. The molecule has 0 atom stereocenters. The van der Waals surface area contributed by atoms with Gasteiger partial charge in [-0.1, -0.05) is 0 Å². The van der Waals surface area contributed by atoms with Gasteiger partial charge in [0.2, 0.25) is 0 Å². The van der Waals surface area contributed by atoms with Crippen LogP contribution in [0.15, 0.2) is 0 Å². The zero-order valence-corrected chi connectivity index (χ0v) is 8.54. The minimum Gasteiger partial charge on any atom is -0.379 e. The van der Waals surface area contributed by atoms with E-state index < -0.39 is 0 Å². The van der Waals surface area contributed by atoms with Crippen LogP contribution >= 0.6 is 11.8 Å². The van der Waals surface area contributed by atoms with Crippen LogP contribution in [0.25, 0.3) is 0 Å². The molecule has 1 nitrogen and oxygen atoms in total. The third-order valence-corrected chi connectivity index (χ3v) is 3.95. The summed E-state index contributed by atoms with van der Waals surface area (Å²) in [6, 6.07) is 0. The van der Waals surface area contributed by atoms with Crippen molar-refractivity contribution in [2.24, 2.45) is 0 Å². The van der Waals surface area contributed by atoms with Crippen LogP contribution in [-0.4, -0.2) is 24.2 Å². The van der Waals surface area contributed by atoms with Crippen LogP contribution in [0, 0.1) is 0 Å². The summed E-state index contributed by atoms with van der Waals surface area (Å²) in [5.41, 5.74) is 0.187. The zero-order valence-electron chi connectivity index (χ0n) is 7.72. The van der Waals surface area contributed by atoms with E-state index in [1.54, 1.807) is 0 Å². The Balaban J connectivity index is 2.35. The van der Waals surface area contributed by atoms with E-state index in [2.05, 4.69) is 13.2 Å². The second kappa shape index (κ2) is 3.81. The second-order valence-corrected chi connectivity index (χ2v) is 4.73. The van der Waals surface area contributed by atoms with Gasteiger partial charge in [-0.3, -0.25) is 0 Å². The fourth-order valence-corrected chi connectivity index (χ4v) is 2.35. The first-order chi connectivity index (χ1) is 5.20. The standard InChI is InChI=1S/C9H18OS/c1-9(10-2)6-4-8(11-3)5-7-9/h8H,4-7H2,1-3H3. The van der Waals surface area contributed by atoms with E-state index in [9.17, 15) is 0 Å². The molecule has 0 spiro atoms. The summed E-state index contributed by atoms with van der Waals surface area (Å²) in [6.45, 7) is 2.23. The first-order valence-electron chi connectivity index (χ1n) is 4.28. The molecule has 0 heterocycles. The van der Waals surface area contributed by atoms with Gasteiger partial charge in [-0.05, 0) is 38.9 Å². The highest BCUT2D eigenvalue weighted by Crippen LogP contribution is 2.34. The van der Waals surface area contributed by atoms with Crippen molar-refractivity contribution in [3.8, 4) is 0 Å². The predicted octanol–water partition coefficient (Wildman–Crippen LogP) is 2.70. The van der Waals surface area contributed by atoms with Crippen LogP contribution in [0.3, 0.4) is 0 Å². The van der Waals surface area contributed by atoms with Crippen molar-refractivity contribution in [2.75, 3.05) is 13.4 Å². The SMILES string of the molecule is COC1(C)CCC(SC)CC1. The average Bonchev–Trinajstić information content (AvgIpc) is 2.06. The number of thioether (sulfide) groups is 1. The van der Waals surface area contributed by atoms with Crippen molar-refractivity contribution in [2.45, 2.75) is 43.5 Å². The quantitative estimate of drug-likeness (QED) is 0.636. The van der Waals surface area contributed by atoms with E-state index in [0.29, 0.717) is 0 Å². The first kappa shape index (κ1) is 9.40. The Hall–Kier alpha value is 0.310. The maximum absolute atomic E-state index is 5.46. The normalized spacial score (nSPS) is 39.0. The van der Waals surface area contributed by atoms with Crippen LogP contribution in [0.2, 0.25) is 0 Å². The molecule has 1 fully saturated rings. The average molecular weight is 174 g/mol. The van der Waals surface area contributed by atoms with E-state index in [1.807, 2.05) is 18.9 Å². The van der Waals surface area contributed by atoms with Crippen molar-refractivity contribution in [1.29, 1.82) is 0 Å². The molecule has 2 heteroatoms. The minimum absolute atomic E-state index is 0.187. The summed E-state index contributed by atoms with van der Waals surface area (Å²) >= 11 is 2.00. The van der Waals surface area contributed by atoms with Gasteiger partial charge in [-0.25, -0.2) is 0 Å². The third kappa shape index (κ3) is 2.38. The highest BCUT2D eigenvalue weighted by Gasteiger charge is 2.30. The lowest BCUT2D eigenvalue weighted by molar-refractivity contribution is -0.0220. The molecule has 0 amide bonds. The smallest absolute Gasteiger partial charge is 0.0651 e. The van der Waals surface area contributed by atoms with Gasteiger partial charge in [0.05, 0.1) is 5.60 Å². The minimum atomic E-state index is 0.187. The molecule has 0 radical (unpaired) electrons. The Bertz CT molecular complexity index is 117. The van der Waals surface area contributed by atoms with Crippen molar-refractivity contribution < 1.29 is 4.74 Å². The third-order valence-electron chi connectivity index (χ3n) is 2.82. The number of rotatable bonds is 2. The fraction of sp³-hybridized carbons (Fsp3) is 1.00. The van der Waals surface area contributed by atoms with E-state index in [4.69, 9.17) is 4.74 Å². The summed E-state index contributed by atoms with van der Waals surface area (Å²) in [5.74, 6) is 0. The van der Waals surface area contributed by atoms with E-state index >= 15 is 0 Å². The molecule has 1 rings (SSSR count). The Morgan fingerprint density at radius 1 is 1.36 bits per heavy atom. The molecule has 0 bridgehead atoms. The van der Waals surface area contributed by atoms with E-state index in [0.717, 1.165) is 5.25 Å². The zero-order chi connectivity index (χ0) is 8.32. The van der Waals surface area contributed by atoms with Crippen LogP contribution in [0.1, 0.15) is 32.6 Å². The van der Waals surface area contributed by atoms with Crippen molar-refractivity contribution in [3.05, 3.63) is 0 Å². The molecule has 0 saturated heterocycles. The summed E-state index contributed by atoms with van der Waals surface area (Å²) in [5, 5.41) is 0.887. The lowest BCUT2D eigenvalue weighted by atomic mass is 9.86. The molecular weight excluding hydrogens is 156 g/mol. The lowest BCUT2D eigenvalue weighted by Crippen LogP contribution is -2.33. The fourth-order valence-electron chi connectivity index (χ4n) is 1.64. The first-order valence-corrected chi connectivity index (χ1v) is 5.57. The van der Waals surface area contributed by atoms with Crippen LogP contribution in [-0.2, 0) is 4.74 Å². The van der Waals surface area contributed by atoms with Crippen LogP contribution < -0.4 is 0 Å². The summed E-state index contributed by atoms with van der Waals surface area (Å²) in [4.78, 5) is 0. The maximum Gasteiger partial charge on any atom is 0.0651 e. The molecule has 0 aromatic carbocycles. The number of methoxy groups -OCH3 is 1. The Kier molecular flexibility index (Phi) is 3.26. The molecule has 0 aliphatic heterocycles. The summed E-state index contributed by atoms with van der Waals surface area (Å²) < 4.78 is 5.46. The number of ether oxygens (including phenoxy) is 1. The van der Waals surface area contributed by atoms with Gasteiger partial charge >= 0.3 is 0 Å². The van der Waals surface area contributed by atoms with Crippen molar-refractivity contribution in [3.63, 3.8) is 0 Å². The second-order valence-electron chi connectivity index (χ2n) is 3.59. The molecule has 0 aromatic heterocycles. The Morgan fingerprint density at radius 3 is 2.27 bits per heavy atom. The molecule has 11 heavy (non-hydrogen) atoms. The Labute approximate surface area is 73.9 Å². The molecule has 0 aromatic rings. The van der Waals surface area contributed by atoms with Gasteiger partial charge in [-0.15, -0.1) is 0 Å². The van der Waals surface area contributed by atoms with E-state index in [1.165, 1.54) is 25.7 Å². The van der Waals surface area contributed by atoms with Crippen LogP contribution in [0.5, 0.6) is 0 Å². The molecule has 1 aliphatic rings. The van der Waals surface area contributed by atoms with Gasteiger partial charge in [0.15, 0.2) is 0 Å². The molecule has 0 unspecified atom stereocenters.